The van der Waals surface area contributed by atoms with Crippen molar-refractivity contribution in [2.45, 2.75) is 33.2 Å². The molecule has 1 unspecified atom stereocenters. The Morgan fingerprint density at radius 1 is 1.20 bits per heavy atom. The van der Waals surface area contributed by atoms with Gasteiger partial charge in [0.2, 0.25) is 0 Å². The number of amides is 2. The van der Waals surface area contributed by atoms with Crippen LogP contribution in [0.15, 0.2) is 24.3 Å². The maximum atomic E-state index is 11.6. The van der Waals surface area contributed by atoms with Crippen LogP contribution in [0.1, 0.15) is 31.4 Å². The first-order chi connectivity index (χ1) is 9.52. The molecule has 3 N–H and O–H groups in total. The monoisotopic (exact) mass is 278 g/mol. The van der Waals surface area contributed by atoms with E-state index >= 15 is 0 Å². The highest BCUT2D eigenvalue weighted by Gasteiger charge is 2.08. The molecule has 5 heteroatoms. The van der Waals surface area contributed by atoms with Crippen LogP contribution < -0.4 is 10.6 Å². The van der Waals surface area contributed by atoms with Gasteiger partial charge in [0.25, 0.3) is 0 Å². The SMILES string of the molecule is CCC(C)CNC(=O)NCc1ccccc1CC(=O)O. The Morgan fingerprint density at radius 3 is 2.45 bits per heavy atom. The summed E-state index contributed by atoms with van der Waals surface area (Å²) in [5, 5.41) is 14.4. The van der Waals surface area contributed by atoms with Crippen LogP contribution in [0.25, 0.3) is 0 Å². The minimum atomic E-state index is -0.876. The first kappa shape index (κ1) is 16.0. The largest absolute Gasteiger partial charge is 0.481 e. The van der Waals surface area contributed by atoms with E-state index in [0.717, 1.165) is 17.5 Å². The van der Waals surface area contributed by atoms with E-state index in [9.17, 15) is 9.59 Å². The van der Waals surface area contributed by atoms with Crippen LogP contribution in [0.4, 0.5) is 4.79 Å². The fraction of sp³-hybridized carbons (Fsp3) is 0.467. The summed E-state index contributed by atoms with van der Waals surface area (Å²) in [6.45, 7) is 5.11. The second-order valence-corrected chi connectivity index (χ2v) is 4.92. The van der Waals surface area contributed by atoms with Crippen LogP contribution in [0.2, 0.25) is 0 Å². The fourth-order valence-electron chi connectivity index (χ4n) is 1.71. The van der Waals surface area contributed by atoms with Crippen LogP contribution in [-0.2, 0) is 17.8 Å². The molecule has 1 atom stereocenters. The highest BCUT2D eigenvalue weighted by Crippen LogP contribution is 2.09. The molecule has 0 aliphatic rings. The average molecular weight is 278 g/mol. The van der Waals surface area contributed by atoms with Gasteiger partial charge >= 0.3 is 12.0 Å². The third kappa shape index (κ3) is 5.73. The highest BCUT2D eigenvalue weighted by molar-refractivity contribution is 5.74. The van der Waals surface area contributed by atoms with Crippen LogP contribution in [0.3, 0.4) is 0 Å². The molecule has 2 amide bonds. The first-order valence-corrected chi connectivity index (χ1v) is 6.83. The number of carbonyl (C=O) groups excluding carboxylic acids is 1. The zero-order valence-electron chi connectivity index (χ0n) is 12.0. The molecule has 0 aliphatic heterocycles. The second kappa shape index (κ2) is 8.19. The molecule has 5 nitrogen and oxygen atoms in total. The van der Waals surface area contributed by atoms with Crippen molar-refractivity contribution in [3.05, 3.63) is 35.4 Å². The predicted molar refractivity (Wildman–Crippen MR) is 77.5 cm³/mol. The molecule has 110 valence electrons. The fourth-order valence-corrected chi connectivity index (χ4v) is 1.71. The number of urea groups is 1. The first-order valence-electron chi connectivity index (χ1n) is 6.83. The number of benzene rings is 1. The van der Waals surface area contributed by atoms with E-state index in [4.69, 9.17) is 5.11 Å². The molecule has 1 rings (SSSR count). The normalized spacial score (nSPS) is 11.7. The molecule has 0 saturated heterocycles. The number of nitrogens with one attached hydrogen (secondary N) is 2. The number of hydrogen-bond acceptors (Lipinski definition) is 2. The summed E-state index contributed by atoms with van der Waals surface area (Å²) < 4.78 is 0. The summed E-state index contributed by atoms with van der Waals surface area (Å²) in [5.41, 5.74) is 1.55. The predicted octanol–water partition coefficient (Wildman–Crippen LogP) is 2.16. The zero-order chi connectivity index (χ0) is 15.0. The Kier molecular flexibility index (Phi) is 6.56. The van der Waals surface area contributed by atoms with E-state index < -0.39 is 5.97 Å². The maximum Gasteiger partial charge on any atom is 0.315 e. The van der Waals surface area contributed by atoms with E-state index in [-0.39, 0.29) is 12.5 Å². The lowest BCUT2D eigenvalue weighted by Crippen LogP contribution is -2.37. The molecule has 0 bridgehead atoms. The molecule has 20 heavy (non-hydrogen) atoms. The lowest BCUT2D eigenvalue weighted by molar-refractivity contribution is -0.136. The van der Waals surface area contributed by atoms with Crippen molar-refractivity contribution in [2.24, 2.45) is 5.92 Å². The summed E-state index contributed by atoms with van der Waals surface area (Å²) >= 11 is 0. The van der Waals surface area contributed by atoms with Crippen molar-refractivity contribution in [1.82, 2.24) is 10.6 Å². The molecule has 0 radical (unpaired) electrons. The summed E-state index contributed by atoms with van der Waals surface area (Å²) in [7, 11) is 0. The van der Waals surface area contributed by atoms with E-state index in [0.29, 0.717) is 19.0 Å². The van der Waals surface area contributed by atoms with Crippen molar-refractivity contribution in [1.29, 1.82) is 0 Å². The van der Waals surface area contributed by atoms with Gasteiger partial charge in [0.05, 0.1) is 6.42 Å². The Bertz CT molecular complexity index is 460. The zero-order valence-corrected chi connectivity index (χ0v) is 12.0. The van der Waals surface area contributed by atoms with Gasteiger partial charge in [0.15, 0.2) is 0 Å². The third-order valence-electron chi connectivity index (χ3n) is 3.21. The maximum absolute atomic E-state index is 11.6. The number of aliphatic carboxylic acids is 1. The van der Waals surface area contributed by atoms with Crippen molar-refractivity contribution in [2.75, 3.05) is 6.54 Å². The Morgan fingerprint density at radius 2 is 1.85 bits per heavy atom. The van der Waals surface area contributed by atoms with Gasteiger partial charge < -0.3 is 15.7 Å². The topological polar surface area (TPSA) is 78.4 Å². The number of carbonyl (C=O) groups is 2. The lowest BCUT2D eigenvalue weighted by Gasteiger charge is -2.12. The Balaban J connectivity index is 2.48. The van der Waals surface area contributed by atoms with E-state index in [1.807, 2.05) is 12.1 Å². The minimum absolute atomic E-state index is 0.0354. The molecule has 0 saturated carbocycles. The minimum Gasteiger partial charge on any atom is -0.481 e. The van der Waals surface area contributed by atoms with Crippen molar-refractivity contribution in [3.63, 3.8) is 0 Å². The molecule has 0 spiro atoms. The summed E-state index contributed by atoms with van der Waals surface area (Å²) in [6, 6.07) is 7.00. The van der Waals surface area contributed by atoms with Gasteiger partial charge in [-0.15, -0.1) is 0 Å². The molecule has 0 aromatic heterocycles. The van der Waals surface area contributed by atoms with Gasteiger partial charge in [-0.05, 0) is 17.0 Å². The summed E-state index contributed by atoms with van der Waals surface area (Å²) in [5.74, 6) is -0.432. The Hall–Kier alpha value is -2.04. The molecule has 1 aromatic rings. The van der Waals surface area contributed by atoms with Crippen molar-refractivity contribution in [3.8, 4) is 0 Å². The van der Waals surface area contributed by atoms with Gasteiger partial charge in [0, 0.05) is 13.1 Å². The van der Waals surface area contributed by atoms with Gasteiger partial charge in [-0.25, -0.2) is 4.79 Å². The molecular formula is C15H22N2O3. The number of hydrogen-bond donors (Lipinski definition) is 3. The van der Waals surface area contributed by atoms with Crippen LogP contribution in [-0.4, -0.2) is 23.7 Å². The average Bonchev–Trinajstić information content (AvgIpc) is 2.43. The molecule has 0 fully saturated rings. The number of carboxylic acids is 1. The van der Waals surface area contributed by atoms with Gasteiger partial charge in [-0.1, -0.05) is 44.5 Å². The van der Waals surface area contributed by atoms with Gasteiger partial charge in [0.1, 0.15) is 0 Å². The van der Waals surface area contributed by atoms with E-state index in [1.54, 1.807) is 12.1 Å². The Labute approximate surface area is 119 Å². The number of rotatable bonds is 7. The van der Waals surface area contributed by atoms with Gasteiger partial charge in [-0.3, -0.25) is 4.79 Å². The summed E-state index contributed by atoms with van der Waals surface area (Å²) in [6.07, 6.45) is 0.980. The standard InChI is InChI=1S/C15H22N2O3/c1-3-11(2)9-16-15(20)17-10-13-7-5-4-6-12(13)8-14(18)19/h4-7,11H,3,8-10H2,1-2H3,(H,18,19)(H2,16,17,20). The van der Waals surface area contributed by atoms with Crippen LogP contribution in [0.5, 0.6) is 0 Å². The van der Waals surface area contributed by atoms with Crippen LogP contribution >= 0.6 is 0 Å². The second-order valence-electron chi connectivity index (χ2n) is 4.92. The smallest absolute Gasteiger partial charge is 0.315 e. The molecule has 1 aromatic carbocycles. The van der Waals surface area contributed by atoms with E-state index in [2.05, 4.69) is 24.5 Å². The summed E-state index contributed by atoms with van der Waals surface area (Å²) in [4.78, 5) is 22.4. The number of carboxylic acid groups (broad SMARTS) is 1. The van der Waals surface area contributed by atoms with E-state index in [1.165, 1.54) is 0 Å². The van der Waals surface area contributed by atoms with Gasteiger partial charge in [-0.2, -0.15) is 0 Å². The molecule has 0 heterocycles. The molecule has 0 aliphatic carbocycles. The third-order valence-corrected chi connectivity index (χ3v) is 3.21. The lowest BCUT2D eigenvalue weighted by atomic mass is 10.0. The van der Waals surface area contributed by atoms with Crippen molar-refractivity contribution >= 4 is 12.0 Å². The van der Waals surface area contributed by atoms with Crippen LogP contribution in [0, 0.1) is 5.92 Å². The molecular weight excluding hydrogens is 256 g/mol. The highest BCUT2D eigenvalue weighted by atomic mass is 16.4. The quantitative estimate of drug-likeness (QED) is 0.715. The van der Waals surface area contributed by atoms with Crippen molar-refractivity contribution < 1.29 is 14.7 Å².